The fraction of sp³-hybridized carbons (Fsp3) is 0.231. The van der Waals surface area contributed by atoms with E-state index < -0.39 is 5.91 Å². The molecule has 35 heavy (non-hydrogen) atoms. The Morgan fingerprint density at radius 3 is 2.57 bits per heavy atom. The van der Waals surface area contributed by atoms with Crippen LogP contribution in [0.5, 0.6) is 17.2 Å². The van der Waals surface area contributed by atoms with E-state index in [0.29, 0.717) is 29.7 Å². The Morgan fingerprint density at radius 1 is 1.14 bits per heavy atom. The molecule has 0 saturated heterocycles. The number of amides is 1. The third-order valence-electron chi connectivity index (χ3n) is 5.24. The average molecular weight is 516 g/mol. The number of methoxy groups -OCH3 is 1. The number of rotatable bonds is 10. The van der Waals surface area contributed by atoms with E-state index in [0.717, 1.165) is 16.7 Å². The molecule has 9 heteroatoms. The van der Waals surface area contributed by atoms with Crippen molar-refractivity contribution < 1.29 is 19.4 Å². The number of benzene rings is 3. The van der Waals surface area contributed by atoms with Crippen molar-refractivity contribution >= 4 is 35.3 Å². The number of nitrogens with one attached hydrogen (secondary N) is 2. The molecule has 184 valence electrons. The van der Waals surface area contributed by atoms with Gasteiger partial charge in [0, 0.05) is 23.2 Å². The average Bonchev–Trinajstić information content (AvgIpc) is 2.84. The molecule has 0 radical (unpaired) electrons. The topological polar surface area (TPSA) is 92.2 Å². The lowest BCUT2D eigenvalue weighted by Crippen LogP contribution is -2.24. The summed E-state index contributed by atoms with van der Waals surface area (Å²) in [7, 11) is 1.57. The minimum absolute atomic E-state index is 0.0900. The third-order valence-corrected chi connectivity index (χ3v) is 5.80. The van der Waals surface area contributed by atoms with Gasteiger partial charge in [0.1, 0.15) is 12.4 Å². The lowest BCUT2D eigenvalue weighted by molar-refractivity contribution is 0.0955. The van der Waals surface area contributed by atoms with Crippen molar-refractivity contribution in [3.8, 4) is 17.2 Å². The molecule has 0 aromatic heterocycles. The highest BCUT2D eigenvalue weighted by Gasteiger charge is 2.11. The highest BCUT2D eigenvalue weighted by Crippen LogP contribution is 2.32. The molecule has 0 saturated carbocycles. The first-order valence-electron chi connectivity index (χ1n) is 10.9. The number of carbonyl (C=O) groups excluding carboxylic acids is 1. The van der Waals surface area contributed by atoms with Gasteiger partial charge in [0.25, 0.3) is 5.91 Å². The van der Waals surface area contributed by atoms with Gasteiger partial charge >= 0.3 is 0 Å². The van der Waals surface area contributed by atoms with Gasteiger partial charge in [0.15, 0.2) is 11.5 Å². The number of aryl methyl sites for hydroxylation is 1. The van der Waals surface area contributed by atoms with Gasteiger partial charge in [-0.2, -0.15) is 5.10 Å². The van der Waals surface area contributed by atoms with Gasteiger partial charge in [-0.1, -0.05) is 35.3 Å². The van der Waals surface area contributed by atoms with Gasteiger partial charge in [-0.05, 0) is 73.0 Å². The Hall–Kier alpha value is -3.26. The number of aromatic hydroxyl groups is 1. The third kappa shape index (κ3) is 7.36. The maximum Gasteiger partial charge on any atom is 0.271 e. The second-order valence-electron chi connectivity index (χ2n) is 7.81. The molecule has 1 atom stereocenters. The Bertz CT molecular complexity index is 1200. The summed E-state index contributed by atoms with van der Waals surface area (Å²) < 4.78 is 11.5. The van der Waals surface area contributed by atoms with Crippen LogP contribution in [0, 0.1) is 6.92 Å². The fourth-order valence-electron chi connectivity index (χ4n) is 3.36. The number of hydrogen-bond acceptors (Lipinski definition) is 6. The lowest BCUT2D eigenvalue weighted by Gasteiger charge is -2.17. The van der Waals surface area contributed by atoms with Crippen LogP contribution in [0.3, 0.4) is 0 Å². The van der Waals surface area contributed by atoms with E-state index in [9.17, 15) is 9.90 Å². The van der Waals surface area contributed by atoms with Crippen LogP contribution in [0.4, 0.5) is 0 Å². The van der Waals surface area contributed by atoms with Crippen LogP contribution in [0.2, 0.25) is 10.0 Å². The Balaban J connectivity index is 1.56. The molecule has 0 bridgehead atoms. The highest BCUT2D eigenvalue weighted by molar-refractivity contribution is 6.32. The van der Waals surface area contributed by atoms with Gasteiger partial charge in [0.2, 0.25) is 0 Å². The number of hydrogen-bond donors (Lipinski definition) is 3. The van der Waals surface area contributed by atoms with E-state index in [2.05, 4.69) is 22.8 Å². The Kier molecular flexibility index (Phi) is 9.37. The van der Waals surface area contributed by atoms with Crippen molar-refractivity contribution in [2.45, 2.75) is 19.9 Å². The van der Waals surface area contributed by atoms with Crippen LogP contribution in [-0.2, 0) is 0 Å². The standard InChI is InChI=1S/C26H27Cl2N3O4/c1-16-12-18(15-30-31-26(33)20-6-9-23(32)22(28)14-20)13-24(34-3)25(16)35-11-10-29-17(2)19-4-7-21(27)8-5-19/h4-9,12-15,17,29,32H,10-11H2,1-3H3,(H,31,33)/b30-15+. The van der Waals surface area contributed by atoms with Crippen LogP contribution >= 0.6 is 23.2 Å². The molecule has 1 unspecified atom stereocenters. The molecule has 0 fully saturated rings. The van der Waals surface area contributed by atoms with Crippen molar-refractivity contribution in [3.05, 3.63) is 86.9 Å². The van der Waals surface area contributed by atoms with Crippen LogP contribution < -0.4 is 20.2 Å². The molecule has 3 rings (SSSR count). The Morgan fingerprint density at radius 2 is 1.89 bits per heavy atom. The molecule has 0 aliphatic carbocycles. The van der Waals surface area contributed by atoms with Gasteiger partial charge < -0.3 is 19.9 Å². The highest BCUT2D eigenvalue weighted by atomic mass is 35.5. The second-order valence-corrected chi connectivity index (χ2v) is 8.65. The molecule has 0 heterocycles. The predicted octanol–water partition coefficient (Wildman–Crippen LogP) is 5.51. The molecule has 1 amide bonds. The predicted molar refractivity (Wildman–Crippen MR) is 139 cm³/mol. The van der Waals surface area contributed by atoms with E-state index in [4.69, 9.17) is 32.7 Å². The molecule has 0 aliphatic rings. The number of hydrazone groups is 1. The first kappa shape index (κ1) is 26.3. The van der Waals surface area contributed by atoms with Crippen LogP contribution in [0.25, 0.3) is 0 Å². The molecule has 0 aliphatic heterocycles. The zero-order chi connectivity index (χ0) is 25.4. The molecular formula is C26H27Cl2N3O4. The van der Waals surface area contributed by atoms with Gasteiger partial charge in [0.05, 0.1) is 18.3 Å². The van der Waals surface area contributed by atoms with Gasteiger partial charge in [-0.25, -0.2) is 5.43 Å². The Labute approximate surface area is 214 Å². The zero-order valence-electron chi connectivity index (χ0n) is 19.6. The maximum absolute atomic E-state index is 12.2. The molecular weight excluding hydrogens is 489 g/mol. The van der Waals surface area contributed by atoms with Crippen LogP contribution in [-0.4, -0.2) is 37.5 Å². The van der Waals surface area contributed by atoms with Crippen molar-refractivity contribution in [2.75, 3.05) is 20.3 Å². The number of nitrogens with zero attached hydrogens (tertiary/aromatic N) is 1. The summed E-state index contributed by atoms with van der Waals surface area (Å²) >= 11 is 11.8. The lowest BCUT2D eigenvalue weighted by atomic mass is 10.1. The maximum atomic E-state index is 12.2. The largest absolute Gasteiger partial charge is 0.506 e. The number of phenolic OH excluding ortho intramolecular Hbond substituents is 1. The summed E-state index contributed by atoms with van der Waals surface area (Å²) in [4.78, 5) is 12.2. The van der Waals surface area contributed by atoms with Crippen molar-refractivity contribution in [1.29, 1.82) is 0 Å². The number of ether oxygens (including phenoxy) is 2. The van der Waals surface area contributed by atoms with Crippen LogP contribution in [0.15, 0.2) is 59.7 Å². The van der Waals surface area contributed by atoms with Gasteiger partial charge in [-0.15, -0.1) is 0 Å². The minimum Gasteiger partial charge on any atom is -0.506 e. The van der Waals surface area contributed by atoms with Crippen molar-refractivity contribution in [2.24, 2.45) is 5.10 Å². The van der Waals surface area contributed by atoms with Crippen molar-refractivity contribution in [3.63, 3.8) is 0 Å². The molecule has 3 aromatic rings. The normalized spacial score (nSPS) is 11.9. The smallest absolute Gasteiger partial charge is 0.271 e. The first-order valence-corrected chi connectivity index (χ1v) is 11.7. The SMILES string of the molecule is COc1cc(/C=N/NC(=O)c2ccc(O)c(Cl)c2)cc(C)c1OCCNC(C)c1ccc(Cl)cc1. The number of carbonyl (C=O) groups is 1. The zero-order valence-corrected chi connectivity index (χ0v) is 21.2. The molecule has 0 spiro atoms. The minimum atomic E-state index is -0.452. The summed E-state index contributed by atoms with van der Waals surface area (Å²) in [6.45, 7) is 5.09. The van der Waals surface area contributed by atoms with E-state index in [1.165, 1.54) is 24.4 Å². The van der Waals surface area contributed by atoms with E-state index in [1.807, 2.05) is 37.3 Å². The summed E-state index contributed by atoms with van der Waals surface area (Å²) in [5.41, 5.74) is 5.46. The number of halogens is 2. The molecule has 7 nitrogen and oxygen atoms in total. The summed E-state index contributed by atoms with van der Waals surface area (Å²) in [6.07, 6.45) is 1.51. The van der Waals surface area contributed by atoms with E-state index in [-0.39, 0.29) is 22.4 Å². The van der Waals surface area contributed by atoms with E-state index in [1.54, 1.807) is 13.2 Å². The van der Waals surface area contributed by atoms with Gasteiger partial charge in [-0.3, -0.25) is 4.79 Å². The number of phenols is 1. The summed E-state index contributed by atoms with van der Waals surface area (Å²) in [6, 6.07) is 15.7. The second kappa shape index (κ2) is 12.4. The molecule has 3 N–H and O–H groups in total. The first-order chi connectivity index (χ1) is 16.8. The molecule has 3 aromatic carbocycles. The van der Waals surface area contributed by atoms with Crippen molar-refractivity contribution in [1.82, 2.24) is 10.7 Å². The van der Waals surface area contributed by atoms with E-state index >= 15 is 0 Å². The van der Waals surface area contributed by atoms with Crippen LogP contribution in [0.1, 0.15) is 40.0 Å². The summed E-state index contributed by atoms with van der Waals surface area (Å²) in [5.74, 6) is 0.665. The fourth-order valence-corrected chi connectivity index (χ4v) is 3.66. The summed E-state index contributed by atoms with van der Waals surface area (Å²) in [5, 5.41) is 17.7. The monoisotopic (exact) mass is 515 g/mol. The quantitative estimate of drug-likeness (QED) is 0.188.